The van der Waals surface area contributed by atoms with Gasteiger partial charge in [-0.3, -0.25) is 0 Å². The molecule has 8 nitrogen and oxygen atoms in total. The van der Waals surface area contributed by atoms with Gasteiger partial charge in [0.1, 0.15) is 28.9 Å². The summed E-state index contributed by atoms with van der Waals surface area (Å²) in [4.78, 5) is 12.4. The molecule has 0 fully saturated rings. The summed E-state index contributed by atoms with van der Waals surface area (Å²) in [6.07, 6.45) is 3.46. The Kier molecular flexibility index (Phi) is 4.85. The van der Waals surface area contributed by atoms with E-state index in [2.05, 4.69) is 20.3 Å². The second-order valence-corrected chi connectivity index (χ2v) is 7.00. The van der Waals surface area contributed by atoms with Gasteiger partial charge < -0.3 is 21.4 Å². The molecule has 0 saturated carbocycles. The summed E-state index contributed by atoms with van der Waals surface area (Å²) in [5.74, 6) is -0.167. The van der Waals surface area contributed by atoms with E-state index in [0.29, 0.717) is 10.7 Å². The molecule has 5 N–H and O–H groups in total. The molecule has 30 heavy (non-hydrogen) atoms. The van der Waals surface area contributed by atoms with Crippen molar-refractivity contribution in [3.8, 4) is 11.8 Å². The SMILES string of the molecule is C[C@H](Nc1nc(N)nc(N)c1C#N)c1cn(-c2ccc(F)cc2)c2nccc(Cl)c12. The number of aromatic nitrogens is 4. The van der Waals surface area contributed by atoms with Crippen LogP contribution in [0.4, 0.5) is 22.0 Å². The van der Waals surface area contributed by atoms with Crippen LogP contribution in [-0.4, -0.2) is 19.5 Å². The fourth-order valence-corrected chi connectivity index (χ4v) is 3.51. The van der Waals surface area contributed by atoms with Gasteiger partial charge in [-0.25, -0.2) is 9.37 Å². The van der Waals surface area contributed by atoms with Gasteiger partial charge in [0, 0.05) is 29.0 Å². The van der Waals surface area contributed by atoms with Crippen molar-refractivity contribution < 1.29 is 4.39 Å². The number of nitrogen functional groups attached to an aromatic ring is 2. The molecule has 3 heterocycles. The molecule has 150 valence electrons. The van der Waals surface area contributed by atoms with E-state index in [1.165, 1.54) is 12.1 Å². The van der Waals surface area contributed by atoms with E-state index in [9.17, 15) is 9.65 Å². The van der Waals surface area contributed by atoms with Gasteiger partial charge in [0.25, 0.3) is 0 Å². The van der Waals surface area contributed by atoms with Crippen LogP contribution in [-0.2, 0) is 0 Å². The number of hydrogen-bond acceptors (Lipinski definition) is 7. The van der Waals surface area contributed by atoms with Gasteiger partial charge in [-0.05, 0) is 37.3 Å². The van der Waals surface area contributed by atoms with Crippen LogP contribution in [0.15, 0.2) is 42.7 Å². The predicted molar refractivity (Wildman–Crippen MR) is 114 cm³/mol. The fourth-order valence-electron chi connectivity index (χ4n) is 3.26. The number of anilines is 3. The zero-order valence-corrected chi connectivity index (χ0v) is 16.5. The highest BCUT2D eigenvalue weighted by Crippen LogP contribution is 2.34. The van der Waals surface area contributed by atoms with Gasteiger partial charge in [0.15, 0.2) is 5.82 Å². The second kappa shape index (κ2) is 7.50. The van der Waals surface area contributed by atoms with Gasteiger partial charge in [-0.15, -0.1) is 0 Å². The molecule has 4 rings (SSSR count). The normalized spacial score (nSPS) is 11.9. The minimum atomic E-state index is -0.350. The Hall–Kier alpha value is -3.90. The number of nitriles is 1. The van der Waals surface area contributed by atoms with Crippen LogP contribution in [0.2, 0.25) is 5.02 Å². The Morgan fingerprint density at radius 2 is 1.93 bits per heavy atom. The molecule has 3 aromatic heterocycles. The average molecular weight is 423 g/mol. The molecule has 0 unspecified atom stereocenters. The third kappa shape index (κ3) is 3.33. The van der Waals surface area contributed by atoms with Crippen molar-refractivity contribution in [3.63, 3.8) is 0 Å². The van der Waals surface area contributed by atoms with Gasteiger partial charge in [0.05, 0.1) is 11.1 Å². The molecule has 1 aromatic carbocycles. The van der Waals surface area contributed by atoms with Crippen LogP contribution in [0, 0.1) is 17.1 Å². The monoisotopic (exact) mass is 422 g/mol. The Labute approximate surface area is 175 Å². The first-order valence-corrected chi connectivity index (χ1v) is 9.28. The average Bonchev–Trinajstić information content (AvgIpc) is 3.09. The first kappa shape index (κ1) is 19.4. The van der Waals surface area contributed by atoms with Gasteiger partial charge in [0.2, 0.25) is 5.95 Å². The number of halogens is 2. The Morgan fingerprint density at radius 3 is 2.63 bits per heavy atom. The Morgan fingerprint density at radius 1 is 1.20 bits per heavy atom. The van der Waals surface area contributed by atoms with Crippen molar-refractivity contribution in [1.29, 1.82) is 5.26 Å². The highest BCUT2D eigenvalue weighted by atomic mass is 35.5. The number of nitrogens with zero attached hydrogens (tertiary/aromatic N) is 5. The maximum absolute atomic E-state index is 13.4. The zero-order chi connectivity index (χ0) is 21.4. The van der Waals surface area contributed by atoms with Crippen LogP contribution in [0.5, 0.6) is 0 Å². The van der Waals surface area contributed by atoms with Crippen molar-refractivity contribution in [1.82, 2.24) is 19.5 Å². The van der Waals surface area contributed by atoms with Crippen molar-refractivity contribution in [2.75, 3.05) is 16.8 Å². The molecular weight excluding hydrogens is 407 g/mol. The number of rotatable bonds is 4. The first-order chi connectivity index (χ1) is 14.4. The molecular formula is C20H16ClFN8. The van der Waals surface area contributed by atoms with E-state index in [0.717, 1.165) is 16.6 Å². The Balaban J connectivity index is 1.84. The molecule has 0 radical (unpaired) electrons. The number of nitrogens with one attached hydrogen (secondary N) is 1. The third-order valence-corrected chi connectivity index (χ3v) is 4.97. The first-order valence-electron chi connectivity index (χ1n) is 8.90. The van der Waals surface area contributed by atoms with E-state index in [4.69, 9.17) is 23.1 Å². The van der Waals surface area contributed by atoms with Crippen LogP contribution < -0.4 is 16.8 Å². The minimum absolute atomic E-state index is 0.00635. The smallest absolute Gasteiger partial charge is 0.224 e. The van der Waals surface area contributed by atoms with Crippen molar-refractivity contribution in [2.24, 2.45) is 0 Å². The second-order valence-electron chi connectivity index (χ2n) is 6.59. The highest BCUT2D eigenvalue weighted by Gasteiger charge is 2.21. The lowest BCUT2D eigenvalue weighted by Gasteiger charge is -2.16. The molecule has 0 amide bonds. The lowest BCUT2D eigenvalue weighted by atomic mass is 10.1. The van der Waals surface area contributed by atoms with Crippen molar-refractivity contribution in [2.45, 2.75) is 13.0 Å². The van der Waals surface area contributed by atoms with E-state index in [1.54, 1.807) is 24.4 Å². The summed E-state index contributed by atoms with van der Waals surface area (Å²) in [6.45, 7) is 1.88. The largest absolute Gasteiger partial charge is 0.382 e. The molecule has 0 aliphatic carbocycles. The van der Waals surface area contributed by atoms with Gasteiger partial charge >= 0.3 is 0 Å². The molecule has 0 spiro atoms. The van der Waals surface area contributed by atoms with Gasteiger partial charge in [-0.1, -0.05) is 11.6 Å². The molecule has 0 bridgehead atoms. The van der Waals surface area contributed by atoms with Gasteiger partial charge in [-0.2, -0.15) is 15.2 Å². The third-order valence-electron chi connectivity index (χ3n) is 4.66. The summed E-state index contributed by atoms with van der Waals surface area (Å²) >= 11 is 6.49. The summed E-state index contributed by atoms with van der Waals surface area (Å²) in [6, 6.07) is 9.38. The molecule has 0 saturated heterocycles. The molecule has 0 aliphatic heterocycles. The van der Waals surface area contributed by atoms with Crippen LogP contribution >= 0.6 is 11.6 Å². The quantitative estimate of drug-likeness (QED) is 0.455. The zero-order valence-electron chi connectivity index (χ0n) is 15.8. The molecule has 4 aromatic rings. The summed E-state index contributed by atoms with van der Waals surface area (Å²) in [5, 5.41) is 13.8. The number of fused-ring (bicyclic) bond motifs is 1. The lowest BCUT2D eigenvalue weighted by molar-refractivity contribution is 0.627. The minimum Gasteiger partial charge on any atom is -0.382 e. The van der Waals surface area contributed by atoms with Crippen LogP contribution in [0.25, 0.3) is 16.7 Å². The molecule has 0 aliphatic rings. The highest BCUT2D eigenvalue weighted by molar-refractivity contribution is 6.35. The topological polar surface area (TPSA) is 131 Å². The fraction of sp³-hybridized carbons (Fsp3) is 0.100. The maximum Gasteiger partial charge on any atom is 0.224 e. The summed E-state index contributed by atoms with van der Waals surface area (Å²) < 4.78 is 15.2. The van der Waals surface area contributed by atoms with E-state index in [1.807, 2.05) is 23.8 Å². The van der Waals surface area contributed by atoms with Crippen LogP contribution in [0.1, 0.15) is 24.1 Å². The van der Waals surface area contributed by atoms with Crippen LogP contribution in [0.3, 0.4) is 0 Å². The number of hydrogen-bond donors (Lipinski definition) is 3. The number of nitrogens with two attached hydrogens (primary N) is 2. The van der Waals surface area contributed by atoms with E-state index < -0.39 is 0 Å². The standard InChI is InChI=1S/C20H16ClFN8/c1-10(27-18-13(8-23)17(24)28-20(25)29-18)14-9-30(12-4-2-11(22)3-5-12)19-16(14)15(21)6-7-26-19/h2-7,9-10H,1H3,(H5,24,25,27,28,29)/t10-/m0/s1. The predicted octanol–water partition coefficient (Wildman–Crippen LogP) is 3.82. The maximum atomic E-state index is 13.4. The Bertz CT molecular complexity index is 1290. The number of pyridine rings is 1. The number of benzene rings is 1. The van der Waals surface area contributed by atoms with E-state index >= 15 is 0 Å². The molecule has 10 heteroatoms. The summed E-state index contributed by atoms with van der Waals surface area (Å²) in [5.41, 5.74) is 13.7. The lowest BCUT2D eigenvalue weighted by Crippen LogP contribution is -2.13. The molecule has 1 atom stereocenters. The summed E-state index contributed by atoms with van der Waals surface area (Å²) in [7, 11) is 0. The van der Waals surface area contributed by atoms with Crippen molar-refractivity contribution in [3.05, 3.63) is 64.7 Å². The van der Waals surface area contributed by atoms with Crippen molar-refractivity contribution >= 4 is 40.2 Å². The van der Waals surface area contributed by atoms with E-state index in [-0.39, 0.29) is 35.0 Å².